The molecule has 3 rings (SSSR count). The monoisotopic (exact) mass is 552 g/mol. The summed E-state index contributed by atoms with van der Waals surface area (Å²) >= 11 is 2.86. The lowest BCUT2D eigenvalue weighted by molar-refractivity contribution is -0.119. The number of hydrogen-bond donors (Lipinski definition) is 2. The molecule has 2 amide bonds. The number of anilines is 2. The predicted molar refractivity (Wildman–Crippen MR) is 155 cm³/mol. The van der Waals surface area contributed by atoms with Crippen LogP contribution in [0.2, 0.25) is 0 Å². The van der Waals surface area contributed by atoms with E-state index in [1.165, 1.54) is 4.57 Å². The number of amides is 2. The number of thiazole rings is 1. The Morgan fingerprint density at radius 2 is 2.18 bits per heavy atom. The quantitative estimate of drug-likeness (QED) is 0.423. The van der Waals surface area contributed by atoms with Gasteiger partial charge in [-0.1, -0.05) is 12.0 Å². The van der Waals surface area contributed by atoms with E-state index in [1.54, 1.807) is 36.8 Å². The van der Waals surface area contributed by atoms with E-state index in [1.807, 2.05) is 30.3 Å². The lowest BCUT2D eigenvalue weighted by atomic mass is 10.2. The minimum absolute atomic E-state index is 0.0179. The van der Waals surface area contributed by atoms with Crippen LogP contribution in [0.15, 0.2) is 29.1 Å². The van der Waals surface area contributed by atoms with Gasteiger partial charge in [-0.15, -0.1) is 17.8 Å². The molecule has 2 heterocycles. The van der Waals surface area contributed by atoms with Gasteiger partial charge < -0.3 is 15.5 Å². The van der Waals surface area contributed by atoms with Crippen molar-refractivity contribution < 1.29 is 9.59 Å². The lowest BCUT2D eigenvalue weighted by Crippen LogP contribution is -2.41. The maximum Gasteiger partial charge on any atom is 0.270 e. The smallest absolute Gasteiger partial charge is 0.270 e. The molecule has 1 aromatic carbocycles. The van der Waals surface area contributed by atoms with Gasteiger partial charge in [0.2, 0.25) is 5.91 Å². The van der Waals surface area contributed by atoms with Gasteiger partial charge in [-0.05, 0) is 50.8 Å². The first-order chi connectivity index (χ1) is 18.3. The van der Waals surface area contributed by atoms with E-state index in [0.717, 1.165) is 42.2 Å². The van der Waals surface area contributed by atoms with Crippen LogP contribution in [-0.4, -0.2) is 66.0 Å². The van der Waals surface area contributed by atoms with Crippen molar-refractivity contribution >= 4 is 58.1 Å². The fraction of sp³-hybridized carbons (Fsp3) is 0.407. The molecule has 1 saturated heterocycles. The molecule has 9 nitrogen and oxygen atoms in total. The number of carbonyl (C=O) groups is 2. The molecule has 1 atom stereocenters. The van der Waals surface area contributed by atoms with Crippen molar-refractivity contribution in [1.82, 2.24) is 14.8 Å². The van der Waals surface area contributed by atoms with Crippen LogP contribution in [0.4, 0.5) is 11.4 Å². The maximum atomic E-state index is 13.0. The molecule has 200 valence electrons. The molecule has 0 bridgehead atoms. The average Bonchev–Trinajstić information content (AvgIpc) is 3.49. The number of carbonyl (C=O) groups excluding carboxylic acids is 2. The van der Waals surface area contributed by atoms with E-state index in [4.69, 9.17) is 6.42 Å². The summed E-state index contributed by atoms with van der Waals surface area (Å²) in [5.74, 6) is 2.72. The summed E-state index contributed by atoms with van der Waals surface area (Å²) in [5, 5.41) is 15.2. The highest BCUT2D eigenvalue weighted by molar-refractivity contribution is 7.98. The number of likely N-dealkylation sites (tertiary alicyclic amines) is 1. The standard InChI is InChI=1S/C27H32N6O3S2/c1-5-12-29-25(35)22(15-28)27-33(6-2)26(36)23(38-27)16-30-19-9-7-10-20(14-19)31(3)24(34)17-32-13-8-11-21(32)18-37-4/h1,7,9-10,14,16,21,30H,6,8,11-13,17-18H2,2-4H3,(H,29,35)/b23-16+,27-22-. The topological polar surface area (TPSA) is 110 Å². The average molecular weight is 553 g/mol. The third-order valence-electron chi connectivity index (χ3n) is 6.30. The minimum atomic E-state index is -0.623. The largest absolute Gasteiger partial charge is 0.360 e. The fourth-order valence-corrected chi connectivity index (χ4v) is 6.12. The van der Waals surface area contributed by atoms with Gasteiger partial charge in [0.05, 0.1) is 13.1 Å². The molecule has 1 unspecified atom stereocenters. The second-order valence-electron chi connectivity index (χ2n) is 8.71. The molecule has 2 N–H and O–H groups in total. The van der Waals surface area contributed by atoms with Gasteiger partial charge >= 0.3 is 0 Å². The number of nitrogens with one attached hydrogen (secondary N) is 2. The fourth-order valence-electron chi connectivity index (χ4n) is 4.27. The first-order valence-electron chi connectivity index (χ1n) is 12.3. The van der Waals surface area contributed by atoms with Crippen molar-refractivity contribution in [1.29, 1.82) is 5.26 Å². The van der Waals surface area contributed by atoms with Gasteiger partial charge in [-0.25, -0.2) is 0 Å². The van der Waals surface area contributed by atoms with Crippen LogP contribution >= 0.6 is 23.1 Å². The van der Waals surface area contributed by atoms with Crippen LogP contribution in [-0.2, 0) is 16.1 Å². The lowest BCUT2D eigenvalue weighted by Gasteiger charge is -2.26. The number of nitriles is 1. The Bertz CT molecular complexity index is 1430. The van der Waals surface area contributed by atoms with Gasteiger partial charge in [0.15, 0.2) is 5.57 Å². The molecule has 0 spiro atoms. The van der Waals surface area contributed by atoms with Crippen LogP contribution in [0.1, 0.15) is 19.8 Å². The Morgan fingerprint density at radius 1 is 1.39 bits per heavy atom. The van der Waals surface area contributed by atoms with E-state index >= 15 is 0 Å². The molecule has 0 radical (unpaired) electrons. The summed E-state index contributed by atoms with van der Waals surface area (Å²) in [6, 6.07) is 9.70. The summed E-state index contributed by atoms with van der Waals surface area (Å²) in [4.78, 5) is 42.3. The molecule has 2 aromatic rings. The van der Waals surface area contributed by atoms with E-state index in [-0.39, 0.29) is 28.2 Å². The van der Waals surface area contributed by atoms with Crippen molar-refractivity contribution in [2.45, 2.75) is 32.4 Å². The van der Waals surface area contributed by atoms with E-state index < -0.39 is 5.91 Å². The van der Waals surface area contributed by atoms with E-state index in [2.05, 4.69) is 27.7 Å². The number of rotatable bonds is 10. The molecule has 1 aromatic heterocycles. The normalized spacial score (nSPS) is 16.4. The van der Waals surface area contributed by atoms with Crippen molar-refractivity contribution in [2.75, 3.05) is 48.9 Å². The van der Waals surface area contributed by atoms with Crippen molar-refractivity contribution in [3.05, 3.63) is 43.8 Å². The molecular weight excluding hydrogens is 520 g/mol. The highest BCUT2D eigenvalue weighted by Crippen LogP contribution is 2.22. The Labute approximate surface area is 230 Å². The zero-order chi connectivity index (χ0) is 27.7. The molecular formula is C27H32N6O3S2. The Balaban J connectivity index is 1.83. The van der Waals surface area contributed by atoms with E-state index in [9.17, 15) is 19.6 Å². The predicted octanol–water partition coefficient (Wildman–Crippen LogP) is 0.994. The second-order valence-corrected chi connectivity index (χ2v) is 10.6. The summed E-state index contributed by atoms with van der Waals surface area (Å²) in [7, 11) is 1.76. The maximum absolute atomic E-state index is 13.0. The number of hydrogen-bond acceptors (Lipinski definition) is 8. The molecule has 1 aliphatic heterocycles. The van der Waals surface area contributed by atoms with Crippen LogP contribution < -0.4 is 30.3 Å². The number of nitrogens with zero attached hydrogens (tertiary/aromatic N) is 4. The number of thioether (sulfide) groups is 1. The first kappa shape index (κ1) is 29.1. The van der Waals surface area contributed by atoms with Gasteiger partial charge in [-0.2, -0.15) is 17.0 Å². The number of aromatic nitrogens is 1. The van der Waals surface area contributed by atoms with Crippen LogP contribution in [0.5, 0.6) is 0 Å². The second kappa shape index (κ2) is 13.9. The molecule has 38 heavy (non-hydrogen) atoms. The Morgan fingerprint density at radius 3 is 2.87 bits per heavy atom. The number of benzene rings is 1. The summed E-state index contributed by atoms with van der Waals surface area (Å²) in [6.07, 6.45) is 11.1. The molecule has 11 heteroatoms. The molecule has 1 fully saturated rings. The third-order valence-corrected chi connectivity index (χ3v) is 8.15. The molecule has 0 saturated carbocycles. The first-order valence-corrected chi connectivity index (χ1v) is 14.5. The van der Waals surface area contributed by atoms with Crippen LogP contribution in [0, 0.1) is 23.7 Å². The van der Waals surface area contributed by atoms with Crippen molar-refractivity contribution in [2.24, 2.45) is 0 Å². The number of likely N-dealkylation sites (N-methyl/N-ethyl adjacent to an activating group) is 1. The Kier molecular flexibility index (Phi) is 10.6. The SMILES string of the molecule is C#CCNC(=O)/C(C#N)=c1\s/c(=C/Nc2cccc(N(C)C(=O)CN3CCCC3CSC)c2)c(=O)n1CC. The van der Waals surface area contributed by atoms with Crippen molar-refractivity contribution in [3.8, 4) is 18.4 Å². The third kappa shape index (κ3) is 6.87. The van der Waals surface area contributed by atoms with E-state index in [0.29, 0.717) is 29.4 Å². The van der Waals surface area contributed by atoms with Gasteiger partial charge in [-0.3, -0.25) is 23.9 Å². The number of terminal acetylenes is 1. The zero-order valence-electron chi connectivity index (χ0n) is 21.8. The molecule has 0 aliphatic carbocycles. The van der Waals surface area contributed by atoms with Gasteiger partial charge in [0.1, 0.15) is 15.3 Å². The van der Waals surface area contributed by atoms with Crippen LogP contribution in [0.3, 0.4) is 0 Å². The minimum Gasteiger partial charge on any atom is -0.360 e. The highest BCUT2D eigenvalue weighted by atomic mass is 32.2. The summed E-state index contributed by atoms with van der Waals surface area (Å²) < 4.78 is 1.99. The Hall–Kier alpha value is -3.51. The van der Waals surface area contributed by atoms with Crippen LogP contribution in [0.25, 0.3) is 11.8 Å². The van der Waals surface area contributed by atoms with Gasteiger partial charge in [0, 0.05) is 43.0 Å². The summed E-state index contributed by atoms with van der Waals surface area (Å²) in [6.45, 7) is 3.37. The van der Waals surface area contributed by atoms with Gasteiger partial charge in [0.25, 0.3) is 11.5 Å². The van der Waals surface area contributed by atoms with Crippen molar-refractivity contribution in [3.63, 3.8) is 0 Å². The molecule has 1 aliphatic rings. The highest BCUT2D eigenvalue weighted by Gasteiger charge is 2.27. The summed E-state index contributed by atoms with van der Waals surface area (Å²) in [5.41, 5.74) is 0.949. The zero-order valence-corrected chi connectivity index (χ0v) is 23.5.